The second-order valence-electron chi connectivity index (χ2n) is 5.86. The molecule has 1 saturated carbocycles. The van der Waals surface area contributed by atoms with Gasteiger partial charge in [0.1, 0.15) is 0 Å². The predicted molar refractivity (Wildman–Crippen MR) is 88.1 cm³/mol. The number of para-hydroxylation sites is 1. The fourth-order valence-electron chi connectivity index (χ4n) is 2.23. The van der Waals surface area contributed by atoms with Crippen LogP contribution in [0.2, 0.25) is 0 Å². The summed E-state index contributed by atoms with van der Waals surface area (Å²) in [5.41, 5.74) is 2.49. The largest absolute Gasteiger partial charge is 0.493 e. The highest BCUT2D eigenvalue weighted by atomic mass is 16.5. The molecule has 116 valence electrons. The lowest BCUT2D eigenvalue weighted by molar-refractivity contribution is 0.229. The Bertz CT molecular complexity index is 490. The first-order valence-electron chi connectivity index (χ1n) is 7.90. The molecule has 0 saturated heterocycles. The van der Waals surface area contributed by atoms with Crippen molar-refractivity contribution in [3.8, 4) is 11.5 Å². The van der Waals surface area contributed by atoms with Gasteiger partial charge in [-0.15, -0.1) is 0 Å². The van der Waals surface area contributed by atoms with E-state index in [1.165, 1.54) is 18.4 Å². The third-order valence-electron chi connectivity index (χ3n) is 3.59. The Kier molecular flexibility index (Phi) is 5.68. The first-order valence-corrected chi connectivity index (χ1v) is 7.90. The lowest BCUT2D eigenvalue weighted by Crippen LogP contribution is -2.19. The molecule has 0 heterocycles. The van der Waals surface area contributed by atoms with Crippen LogP contribution in [0.15, 0.2) is 23.8 Å². The summed E-state index contributed by atoms with van der Waals surface area (Å²) < 4.78 is 11.4. The fraction of sp³-hybridized carbons (Fsp3) is 0.556. The highest BCUT2D eigenvalue weighted by Gasteiger charge is 2.20. The number of hydrogen-bond donors (Lipinski definition) is 1. The van der Waals surface area contributed by atoms with Crippen LogP contribution in [0, 0.1) is 0 Å². The molecule has 0 aromatic heterocycles. The number of rotatable bonds is 8. The maximum absolute atomic E-state index is 5.96. The van der Waals surface area contributed by atoms with Crippen LogP contribution in [0.1, 0.15) is 45.6 Å². The van der Waals surface area contributed by atoms with Crippen molar-refractivity contribution >= 4 is 6.08 Å². The van der Waals surface area contributed by atoms with E-state index in [-0.39, 0.29) is 6.10 Å². The van der Waals surface area contributed by atoms with Gasteiger partial charge in [0.25, 0.3) is 0 Å². The Morgan fingerprint density at radius 2 is 2.14 bits per heavy atom. The molecular formula is C18H27NO2. The Morgan fingerprint density at radius 1 is 1.38 bits per heavy atom. The maximum Gasteiger partial charge on any atom is 0.168 e. The first kappa shape index (κ1) is 15.9. The number of nitrogens with one attached hydrogen (secondary N) is 1. The summed E-state index contributed by atoms with van der Waals surface area (Å²) in [5, 5.41) is 3.58. The molecular weight excluding hydrogens is 262 g/mol. The van der Waals surface area contributed by atoms with Crippen LogP contribution >= 0.6 is 0 Å². The Hall–Kier alpha value is -1.48. The second-order valence-corrected chi connectivity index (χ2v) is 5.86. The van der Waals surface area contributed by atoms with E-state index < -0.39 is 0 Å². The van der Waals surface area contributed by atoms with Gasteiger partial charge in [0.2, 0.25) is 0 Å². The van der Waals surface area contributed by atoms with E-state index >= 15 is 0 Å². The molecule has 0 radical (unpaired) electrons. The zero-order valence-corrected chi connectivity index (χ0v) is 13.6. The zero-order valence-electron chi connectivity index (χ0n) is 13.6. The van der Waals surface area contributed by atoms with E-state index in [9.17, 15) is 0 Å². The average Bonchev–Trinajstić information content (AvgIpc) is 3.28. The summed E-state index contributed by atoms with van der Waals surface area (Å²) in [4.78, 5) is 0. The smallest absolute Gasteiger partial charge is 0.168 e. The van der Waals surface area contributed by atoms with Gasteiger partial charge >= 0.3 is 0 Å². The minimum atomic E-state index is 0.128. The number of ether oxygens (including phenoxy) is 2. The Balaban J connectivity index is 2.22. The average molecular weight is 289 g/mol. The van der Waals surface area contributed by atoms with E-state index in [0.29, 0.717) is 0 Å². The zero-order chi connectivity index (χ0) is 15.2. The van der Waals surface area contributed by atoms with Gasteiger partial charge in [0.05, 0.1) is 13.2 Å². The molecule has 0 spiro atoms. The molecule has 1 fully saturated rings. The quantitative estimate of drug-likeness (QED) is 0.784. The Labute approximate surface area is 128 Å². The monoisotopic (exact) mass is 289 g/mol. The molecule has 2 rings (SSSR count). The molecule has 1 aliphatic carbocycles. The summed E-state index contributed by atoms with van der Waals surface area (Å²) in [5.74, 6) is 1.63. The molecule has 1 aliphatic rings. The summed E-state index contributed by atoms with van der Waals surface area (Å²) in [6, 6.07) is 6.78. The molecule has 0 amide bonds. The van der Waals surface area contributed by atoms with Crippen LogP contribution < -0.4 is 14.8 Å². The van der Waals surface area contributed by atoms with Gasteiger partial charge in [-0.1, -0.05) is 30.7 Å². The molecule has 21 heavy (non-hydrogen) atoms. The van der Waals surface area contributed by atoms with Crippen molar-refractivity contribution in [3.63, 3.8) is 0 Å². The van der Waals surface area contributed by atoms with Gasteiger partial charge in [-0.3, -0.25) is 0 Å². The van der Waals surface area contributed by atoms with Crippen LogP contribution in [-0.4, -0.2) is 25.8 Å². The van der Waals surface area contributed by atoms with Gasteiger partial charge in [0.15, 0.2) is 11.5 Å². The van der Waals surface area contributed by atoms with E-state index in [2.05, 4.69) is 24.4 Å². The Morgan fingerprint density at radius 3 is 2.71 bits per heavy atom. The third kappa shape index (κ3) is 4.78. The van der Waals surface area contributed by atoms with Crippen molar-refractivity contribution in [3.05, 3.63) is 29.3 Å². The highest BCUT2D eigenvalue weighted by molar-refractivity contribution is 5.64. The number of methoxy groups -OCH3 is 1. The molecule has 3 nitrogen and oxygen atoms in total. The number of hydrogen-bond acceptors (Lipinski definition) is 3. The van der Waals surface area contributed by atoms with E-state index in [1.807, 2.05) is 26.0 Å². The van der Waals surface area contributed by atoms with Gasteiger partial charge in [-0.05, 0) is 39.2 Å². The normalized spacial score (nSPS) is 15.4. The summed E-state index contributed by atoms with van der Waals surface area (Å²) in [7, 11) is 1.69. The third-order valence-corrected chi connectivity index (χ3v) is 3.59. The lowest BCUT2D eigenvalue weighted by atomic mass is 10.1. The lowest BCUT2D eigenvalue weighted by Gasteiger charge is -2.17. The maximum atomic E-state index is 5.96. The van der Waals surface area contributed by atoms with Crippen molar-refractivity contribution in [2.45, 2.75) is 52.2 Å². The summed E-state index contributed by atoms with van der Waals surface area (Å²) in [6.07, 6.45) is 6.03. The molecule has 0 unspecified atom stereocenters. The SMILES string of the molecule is CCC(=Cc1cccc(OC)c1OC(C)C)CNC1CC1. The van der Waals surface area contributed by atoms with Crippen molar-refractivity contribution in [1.82, 2.24) is 5.32 Å². The van der Waals surface area contributed by atoms with Crippen molar-refractivity contribution in [2.75, 3.05) is 13.7 Å². The molecule has 1 N–H and O–H groups in total. The first-order chi connectivity index (χ1) is 10.1. The highest BCUT2D eigenvalue weighted by Crippen LogP contribution is 2.33. The van der Waals surface area contributed by atoms with Crippen LogP contribution in [0.4, 0.5) is 0 Å². The van der Waals surface area contributed by atoms with Gasteiger partial charge in [-0.25, -0.2) is 0 Å². The van der Waals surface area contributed by atoms with Crippen molar-refractivity contribution < 1.29 is 9.47 Å². The van der Waals surface area contributed by atoms with Crippen LogP contribution in [0.25, 0.3) is 6.08 Å². The van der Waals surface area contributed by atoms with Gasteiger partial charge < -0.3 is 14.8 Å². The molecule has 1 aromatic carbocycles. The van der Waals surface area contributed by atoms with E-state index in [1.54, 1.807) is 7.11 Å². The molecule has 0 bridgehead atoms. The van der Waals surface area contributed by atoms with E-state index in [4.69, 9.17) is 9.47 Å². The van der Waals surface area contributed by atoms with Gasteiger partial charge in [0, 0.05) is 18.2 Å². The van der Waals surface area contributed by atoms with Crippen LogP contribution in [0.5, 0.6) is 11.5 Å². The minimum Gasteiger partial charge on any atom is -0.493 e. The molecule has 1 aromatic rings. The van der Waals surface area contributed by atoms with Gasteiger partial charge in [-0.2, -0.15) is 0 Å². The topological polar surface area (TPSA) is 30.5 Å². The van der Waals surface area contributed by atoms with Crippen LogP contribution in [-0.2, 0) is 0 Å². The fourth-order valence-corrected chi connectivity index (χ4v) is 2.23. The predicted octanol–water partition coefficient (Wildman–Crippen LogP) is 4.03. The minimum absolute atomic E-state index is 0.128. The van der Waals surface area contributed by atoms with Crippen molar-refractivity contribution in [2.24, 2.45) is 0 Å². The van der Waals surface area contributed by atoms with E-state index in [0.717, 1.165) is 36.1 Å². The molecule has 0 aliphatic heterocycles. The summed E-state index contributed by atoms with van der Waals surface area (Å²) in [6.45, 7) is 7.23. The van der Waals surface area contributed by atoms with Crippen molar-refractivity contribution in [1.29, 1.82) is 0 Å². The second kappa shape index (κ2) is 7.51. The standard InChI is InChI=1S/C18H27NO2/c1-5-14(12-19-16-9-10-16)11-15-7-6-8-17(20-4)18(15)21-13(2)3/h6-8,11,13,16,19H,5,9-10,12H2,1-4H3. The number of benzene rings is 1. The molecule has 0 atom stereocenters. The summed E-state index contributed by atoms with van der Waals surface area (Å²) >= 11 is 0. The van der Waals surface area contributed by atoms with Crippen LogP contribution in [0.3, 0.4) is 0 Å². The molecule has 3 heteroatoms.